The minimum absolute atomic E-state index is 0.145. The van der Waals surface area contributed by atoms with Gasteiger partial charge in [-0.2, -0.15) is 4.98 Å². The summed E-state index contributed by atoms with van der Waals surface area (Å²) < 4.78 is 28.4. The Morgan fingerprint density at radius 2 is 1.94 bits per heavy atom. The van der Waals surface area contributed by atoms with Gasteiger partial charge >= 0.3 is 0 Å². The third kappa shape index (κ3) is 5.26. The molecule has 0 radical (unpaired) electrons. The maximum atomic E-state index is 14.4. The first-order valence-electron chi connectivity index (χ1n) is 12.9. The van der Waals surface area contributed by atoms with Crippen molar-refractivity contribution >= 4 is 28.7 Å². The van der Waals surface area contributed by atoms with E-state index in [9.17, 15) is 4.39 Å². The number of hydrogen-bond donors (Lipinski definition) is 2. The number of aromatic nitrogens is 4. The smallest absolute Gasteiger partial charge is 0.224 e. The minimum atomic E-state index is -0.401. The average molecular weight is 483 g/mol. The molecule has 0 amide bonds. The first kappa shape index (κ1) is 23.9. The van der Waals surface area contributed by atoms with Crippen molar-refractivity contribution in [2.75, 3.05) is 23.8 Å². The van der Waals surface area contributed by atoms with Gasteiger partial charge in [0.15, 0.2) is 11.4 Å². The number of nitrogens with zero attached hydrogens (tertiary/aromatic N) is 4. The molecule has 2 aromatic heterocycles. The van der Waals surface area contributed by atoms with Gasteiger partial charge in [-0.1, -0.05) is 31.9 Å². The van der Waals surface area contributed by atoms with Gasteiger partial charge in [0.1, 0.15) is 11.3 Å². The zero-order chi connectivity index (χ0) is 24.3. The van der Waals surface area contributed by atoms with Crippen molar-refractivity contribution in [1.29, 1.82) is 0 Å². The van der Waals surface area contributed by atoms with Crippen LogP contribution in [-0.2, 0) is 9.47 Å². The summed E-state index contributed by atoms with van der Waals surface area (Å²) in [6, 6.07) is 7.04. The molecule has 9 heteroatoms. The quantitative estimate of drug-likeness (QED) is 0.410. The Morgan fingerprint density at radius 3 is 2.69 bits per heavy atom. The lowest BCUT2D eigenvalue weighted by Crippen LogP contribution is -2.45. The Bertz CT molecular complexity index is 1140. The highest BCUT2D eigenvalue weighted by atomic mass is 19.1. The number of unbranched alkanes of at least 4 members (excludes halogenated alkanes) is 1. The first-order chi connectivity index (χ1) is 17.1. The van der Waals surface area contributed by atoms with Crippen LogP contribution in [0.1, 0.15) is 71.3 Å². The number of hydrogen-bond acceptors (Lipinski definition) is 7. The SMILES string of the molecule is CCCCC(C)n1c(Nc2ccccc2F)nc2cnc(NC3CCC4(CC3)OCCCO4)nc21. The fourth-order valence-corrected chi connectivity index (χ4v) is 5.07. The fraction of sp³-hybridized carbons (Fsp3) is 0.577. The monoisotopic (exact) mass is 482 g/mol. The highest BCUT2D eigenvalue weighted by molar-refractivity contribution is 5.76. The molecule has 1 spiro atoms. The minimum Gasteiger partial charge on any atom is -0.351 e. The van der Waals surface area contributed by atoms with Crippen molar-refractivity contribution in [3.05, 3.63) is 36.3 Å². The Morgan fingerprint density at radius 1 is 1.17 bits per heavy atom. The van der Waals surface area contributed by atoms with Crippen molar-refractivity contribution in [1.82, 2.24) is 19.5 Å². The zero-order valence-corrected chi connectivity index (χ0v) is 20.6. The zero-order valence-electron chi connectivity index (χ0n) is 20.6. The van der Waals surface area contributed by atoms with Crippen LogP contribution in [0, 0.1) is 5.82 Å². The Balaban J connectivity index is 1.38. The molecule has 35 heavy (non-hydrogen) atoms. The van der Waals surface area contributed by atoms with Crippen molar-refractivity contribution in [2.45, 2.75) is 83.1 Å². The third-order valence-corrected chi connectivity index (χ3v) is 7.07. The van der Waals surface area contributed by atoms with Gasteiger partial charge in [-0.15, -0.1) is 0 Å². The van der Waals surface area contributed by atoms with E-state index in [2.05, 4.69) is 34.0 Å². The number of rotatable bonds is 8. The number of fused-ring (bicyclic) bond motifs is 1. The fourth-order valence-electron chi connectivity index (χ4n) is 5.07. The number of ether oxygens (including phenoxy) is 2. The van der Waals surface area contributed by atoms with Crippen LogP contribution in [0.4, 0.5) is 22.0 Å². The van der Waals surface area contributed by atoms with E-state index in [1.165, 1.54) is 6.07 Å². The molecule has 3 heterocycles. The van der Waals surface area contributed by atoms with Gasteiger partial charge in [0.05, 0.1) is 25.1 Å². The predicted molar refractivity (Wildman–Crippen MR) is 134 cm³/mol. The van der Waals surface area contributed by atoms with E-state index in [1.54, 1.807) is 24.4 Å². The van der Waals surface area contributed by atoms with Crippen LogP contribution < -0.4 is 10.6 Å². The number of benzene rings is 1. The molecule has 1 aliphatic heterocycles. The Kier molecular flexibility index (Phi) is 7.15. The molecule has 2 N–H and O–H groups in total. The highest BCUT2D eigenvalue weighted by Gasteiger charge is 2.39. The molecule has 1 aliphatic carbocycles. The lowest BCUT2D eigenvalue weighted by atomic mass is 9.89. The standard InChI is InChI=1S/C26H35FN6O2/c1-3-4-8-18(2)33-23-22(31-25(33)30-21-10-6-5-9-20(21)27)17-28-24(32-23)29-19-11-13-26(14-12-19)34-15-7-16-35-26/h5-6,9-10,17-19H,3-4,7-8,11-16H2,1-2H3,(H,30,31)(H,28,29,32). The van der Waals surface area contributed by atoms with Gasteiger partial charge in [0.25, 0.3) is 0 Å². The van der Waals surface area contributed by atoms with Crippen LogP contribution in [0.2, 0.25) is 0 Å². The molecule has 5 rings (SSSR count). The summed E-state index contributed by atoms with van der Waals surface area (Å²) in [4.78, 5) is 14.1. The second-order valence-corrected chi connectivity index (χ2v) is 9.68. The van der Waals surface area contributed by atoms with Crippen molar-refractivity contribution in [3.8, 4) is 0 Å². The van der Waals surface area contributed by atoms with Gasteiger partial charge in [-0.05, 0) is 44.7 Å². The van der Waals surface area contributed by atoms with E-state index in [0.29, 0.717) is 23.1 Å². The second-order valence-electron chi connectivity index (χ2n) is 9.68. The molecule has 8 nitrogen and oxygen atoms in total. The molecular formula is C26H35FN6O2. The van der Waals surface area contributed by atoms with E-state index >= 15 is 0 Å². The Hall–Kier alpha value is -2.78. The van der Waals surface area contributed by atoms with Crippen molar-refractivity contribution in [3.63, 3.8) is 0 Å². The normalized spacial score (nSPS) is 19.2. The molecule has 2 fully saturated rings. The van der Waals surface area contributed by atoms with Crippen molar-refractivity contribution < 1.29 is 13.9 Å². The largest absolute Gasteiger partial charge is 0.351 e. The number of anilines is 3. The van der Waals surface area contributed by atoms with Gasteiger partial charge in [-0.3, -0.25) is 4.57 Å². The summed E-state index contributed by atoms with van der Waals surface area (Å²) in [5.74, 6) is 0.445. The molecule has 1 atom stereocenters. The second kappa shape index (κ2) is 10.5. The van der Waals surface area contributed by atoms with Crippen LogP contribution in [0.25, 0.3) is 11.2 Å². The van der Waals surface area contributed by atoms with E-state index in [1.807, 2.05) is 0 Å². The van der Waals surface area contributed by atoms with E-state index in [-0.39, 0.29) is 17.9 Å². The molecule has 1 unspecified atom stereocenters. The summed E-state index contributed by atoms with van der Waals surface area (Å²) >= 11 is 0. The maximum absolute atomic E-state index is 14.4. The van der Waals surface area contributed by atoms with Crippen LogP contribution in [-0.4, -0.2) is 44.6 Å². The van der Waals surface area contributed by atoms with Crippen LogP contribution in [0.3, 0.4) is 0 Å². The number of imidazole rings is 1. The first-order valence-corrected chi connectivity index (χ1v) is 12.9. The van der Waals surface area contributed by atoms with Gasteiger partial charge in [0.2, 0.25) is 11.9 Å². The summed E-state index contributed by atoms with van der Waals surface area (Å²) in [6.07, 6.45) is 9.50. The number of para-hydroxylation sites is 1. The molecule has 1 saturated heterocycles. The van der Waals surface area contributed by atoms with E-state index < -0.39 is 5.79 Å². The molecule has 1 saturated carbocycles. The number of halogens is 1. The van der Waals surface area contributed by atoms with Gasteiger partial charge < -0.3 is 20.1 Å². The van der Waals surface area contributed by atoms with E-state index in [4.69, 9.17) is 19.4 Å². The molecule has 188 valence electrons. The maximum Gasteiger partial charge on any atom is 0.224 e. The summed E-state index contributed by atoms with van der Waals surface area (Å²) in [5.41, 5.74) is 1.82. The summed E-state index contributed by atoms with van der Waals surface area (Å²) in [6.45, 7) is 5.89. The number of nitrogens with one attached hydrogen (secondary N) is 2. The van der Waals surface area contributed by atoms with Gasteiger partial charge in [0, 0.05) is 24.9 Å². The predicted octanol–water partition coefficient (Wildman–Crippen LogP) is 5.95. The highest BCUT2D eigenvalue weighted by Crippen LogP contribution is 2.36. The van der Waals surface area contributed by atoms with Crippen LogP contribution in [0.5, 0.6) is 0 Å². The molecule has 1 aromatic carbocycles. The summed E-state index contributed by atoms with van der Waals surface area (Å²) in [5, 5.41) is 6.70. The molecule has 0 bridgehead atoms. The van der Waals surface area contributed by atoms with Crippen LogP contribution >= 0.6 is 0 Å². The van der Waals surface area contributed by atoms with E-state index in [0.717, 1.165) is 70.2 Å². The lowest BCUT2D eigenvalue weighted by Gasteiger charge is -2.42. The lowest BCUT2D eigenvalue weighted by molar-refractivity contribution is -0.280. The van der Waals surface area contributed by atoms with Gasteiger partial charge in [-0.25, -0.2) is 14.4 Å². The third-order valence-electron chi connectivity index (χ3n) is 7.07. The molecule has 3 aromatic rings. The van der Waals surface area contributed by atoms with Crippen molar-refractivity contribution in [2.24, 2.45) is 0 Å². The summed E-state index contributed by atoms with van der Waals surface area (Å²) in [7, 11) is 0. The average Bonchev–Trinajstić information content (AvgIpc) is 3.23. The molecule has 2 aliphatic rings. The molecular weight excluding hydrogens is 447 g/mol. The Labute approximate surface area is 205 Å². The topological polar surface area (TPSA) is 86.1 Å². The van der Waals surface area contributed by atoms with Crippen LogP contribution in [0.15, 0.2) is 30.5 Å².